The van der Waals surface area contributed by atoms with Crippen molar-refractivity contribution in [2.45, 2.75) is 13.3 Å². The number of rotatable bonds is 4. The summed E-state index contributed by atoms with van der Waals surface area (Å²) < 4.78 is 0. The van der Waals surface area contributed by atoms with E-state index in [1.165, 1.54) is 18.4 Å². The molecule has 0 saturated carbocycles. The second kappa shape index (κ2) is 5.93. The van der Waals surface area contributed by atoms with Crippen LogP contribution in [0.25, 0.3) is 10.2 Å². The first kappa shape index (κ1) is 13.6. The summed E-state index contributed by atoms with van der Waals surface area (Å²) in [5, 5.41) is 6.34. The van der Waals surface area contributed by atoms with Gasteiger partial charge in [0.1, 0.15) is 10.6 Å². The number of fused-ring (bicyclic) bond motifs is 1. The van der Waals surface area contributed by atoms with Crippen LogP contribution in [0.3, 0.4) is 0 Å². The predicted molar refractivity (Wildman–Crippen MR) is 85.9 cm³/mol. The fourth-order valence-corrected chi connectivity index (χ4v) is 3.45. The molecule has 0 unspecified atom stereocenters. The fourth-order valence-electron chi connectivity index (χ4n) is 2.69. The Morgan fingerprint density at radius 1 is 1.25 bits per heavy atom. The summed E-state index contributed by atoms with van der Waals surface area (Å²) in [6, 6.07) is 2.13. The van der Waals surface area contributed by atoms with Crippen molar-refractivity contribution in [2.24, 2.45) is 0 Å². The third-order valence-corrected chi connectivity index (χ3v) is 4.55. The Morgan fingerprint density at radius 2 is 2.05 bits per heavy atom. The number of piperazine rings is 1. The standard InChI is InChI=1S/C14H21N5S/c1-3-5-18-6-8-19(9-7-18)12-11-4-10-20-13(11)17-14(15-2)16-12/h4,10H,3,5-9H2,1-2H3,(H,15,16,17). The Balaban J connectivity index is 1.85. The minimum Gasteiger partial charge on any atom is -0.357 e. The summed E-state index contributed by atoms with van der Waals surface area (Å²) >= 11 is 1.68. The zero-order valence-electron chi connectivity index (χ0n) is 12.1. The third-order valence-electron chi connectivity index (χ3n) is 3.74. The second-order valence-electron chi connectivity index (χ2n) is 5.09. The number of nitrogens with zero attached hydrogens (tertiary/aromatic N) is 4. The lowest BCUT2D eigenvalue weighted by Gasteiger charge is -2.35. The third kappa shape index (κ3) is 2.58. The number of thiophene rings is 1. The molecule has 1 aliphatic heterocycles. The van der Waals surface area contributed by atoms with E-state index in [9.17, 15) is 0 Å². The van der Waals surface area contributed by atoms with Gasteiger partial charge in [-0.1, -0.05) is 6.92 Å². The van der Waals surface area contributed by atoms with Crippen molar-refractivity contribution in [1.29, 1.82) is 0 Å². The van der Waals surface area contributed by atoms with E-state index in [-0.39, 0.29) is 0 Å². The first-order chi connectivity index (χ1) is 9.81. The predicted octanol–water partition coefficient (Wildman–Crippen LogP) is 2.27. The van der Waals surface area contributed by atoms with E-state index in [0.29, 0.717) is 5.95 Å². The van der Waals surface area contributed by atoms with Gasteiger partial charge in [0.25, 0.3) is 0 Å². The van der Waals surface area contributed by atoms with E-state index >= 15 is 0 Å². The van der Waals surface area contributed by atoms with Crippen molar-refractivity contribution in [3.63, 3.8) is 0 Å². The Kier molecular flexibility index (Phi) is 4.03. The van der Waals surface area contributed by atoms with Crippen LogP contribution in [0.5, 0.6) is 0 Å². The average molecular weight is 291 g/mol. The molecule has 0 spiro atoms. The highest BCUT2D eigenvalue weighted by molar-refractivity contribution is 7.16. The van der Waals surface area contributed by atoms with Gasteiger partial charge in [-0.25, -0.2) is 4.98 Å². The molecule has 20 heavy (non-hydrogen) atoms. The van der Waals surface area contributed by atoms with E-state index in [1.54, 1.807) is 11.3 Å². The summed E-state index contributed by atoms with van der Waals surface area (Å²) in [6.07, 6.45) is 1.23. The first-order valence-corrected chi connectivity index (χ1v) is 8.10. The molecule has 1 N–H and O–H groups in total. The molecule has 108 valence electrons. The Hall–Kier alpha value is -1.40. The molecule has 2 aromatic heterocycles. The Morgan fingerprint density at radius 3 is 2.75 bits per heavy atom. The molecule has 2 aromatic rings. The van der Waals surface area contributed by atoms with E-state index in [2.05, 4.69) is 43.5 Å². The van der Waals surface area contributed by atoms with E-state index in [1.807, 2.05) is 7.05 Å². The molecule has 0 aromatic carbocycles. The van der Waals surface area contributed by atoms with Gasteiger partial charge in [-0.2, -0.15) is 4.98 Å². The van der Waals surface area contributed by atoms with Crippen LogP contribution in [0, 0.1) is 0 Å². The molecule has 0 aliphatic carbocycles. The summed E-state index contributed by atoms with van der Waals surface area (Å²) in [4.78, 5) is 15.2. The molecule has 1 fully saturated rings. The van der Waals surface area contributed by atoms with Crippen LogP contribution in [-0.2, 0) is 0 Å². The van der Waals surface area contributed by atoms with Crippen LogP contribution < -0.4 is 10.2 Å². The summed E-state index contributed by atoms with van der Waals surface area (Å²) in [5.74, 6) is 1.79. The highest BCUT2D eigenvalue weighted by atomic mass is 32.1. The van der Waals surface area contributed by atoms with E-state index in [4.69, 9.17) is 0 Å². The van der Waals surface area contributed by atoms with Gasteiger partial charge in [0.05, 0.1) is 5.39 Å². The topological polar surface area (TPSA) is 44.3 Å². The van der Waals surface area contributed by atoms with Crippen molar-refractivity contribution in [3.8, 4) is 0 Å². The van der Waals surface area contributed by atoms with Crippen molar-refractivity contribution in [1.82, 2.24) is 14.9 Å². The van der Waals surface area contributed by atoms with Crippen LogP contribution in [-0.4, -0.2) is 54.6 Å². The average Bonchev–Trinajstić information content (AvgIpc) is 2.95. The minimum atomic E-state index is 0.714. The van der Waals surface area contributed by atoms with Gasteiger partial charge in [0.15, 0.2) is 0 Å². The van der Waals surface area contributed by atoms with Gasteiger partial charge in [-0.3, -0.25) is 4.90 Å². The number of hydrogen-bond donors (Lipinski definition) is 1. The van der Waals surface area contributed by atoms with Crippen molar-refractivity contribution >= 4 is 33.3 Å². The van der Waals surface area contributed by atoms with Gasteiger partial charge in [-0.15, -0.1) is 11.3 Å². The van der Waals surface area contributed by atoms with Crippen molar-refractivity contribution in [3.05, 3.63) is 11.4 Å². The van der Waals surface area contributed by atoms with Crippen LogP contribution >= 0.6 is 11.3 Å². The Labute approximate surface area is 123 Å². The van der Waals surface area contributed by atoms with Gasteiger partial charge in [0.2, 0.25) is 5.95 Å². The summed E-state index contributed by atoms with van der Waals surface area (Å²) in [5.41, 5.74) is 0. The van der Waals surface area contributed by atoms with Crippen LogP contribution in [0.1, 0.15) is 13.3 Å². The maximum absolute atomic E-state index is 4.68. The lowest BCUT2D eigenvalue weighted by atomic mass is 10.2. The number of aromatic nitrogens is 2. The highest BCUT2D eigenvalue weighted by Gasteiger charge is 2.20. The maximum atomic E-state index is 4.68. The molecule has 0 atom stereocenters. The van der Waals surface area contributed by atoms with Crippen LogP contribution in [0.2, 0.25) is 0 Å². The summed E-state index contributed by atoms with van der Waals surface area (Å²) in [7, 11) is 1.87. The minimum absolute atomic E-state index is 0.714. The molecule has 0 bridgehead atoms. The molecular formula is C14H21N5S. The molecule has 6 heteroatoms. The number of anilines is 2. The smallest absolute Gasteiger partial charge is 0.225 e. The molecule has 0 amide bonds. The molecule has 1 aliphatic rings. The maximum Gasteiger partial charge on any atom is 0.225 e. The van der Waals surface area contributed by atoms with Gasteiger partial charge in [-0.05, 0) is 24.4 Å². The van der Waals surface area contributed by atoms with E-state index < -0.39 is 0 Å². The molecular weight excluding hydrogens is 270 g/mol. The van der Waals surface area contributed by atoms with Gasteiger partial charge >= 0.3 is 0 Å². The second-order valence-corrected chi connectivity index (χ2v) is 5.98. The van der Waals surface area contributed by atoms with Crippen LogP contribution in [0.15, 0.2) is 11.4 Å². The molecule has 0 radical (unpaired) electrons. The molecule has 3 heterocycles. The quantitative estimate of drug-likeness (QED) is 0.936. The molecule has 5 nitrogen and oxygen atoms in total. The zero-order valence-corrected chi connectivity index (χ0v) is 12.9. The van der Waals surface area contributed by atoms with Gasteiger partial charge in [0, 0.05) is 33.2 Å². The lowest BCUT2D eigenvalue weighted by molar-refractivity contribution is 0.258. The number of hydrogen-bond acceptors (Lipinski definition) is 6. The van der Waals surface area contributed by atoms with Gasteiger partial charge < -0.3 is 10.2 Å². The largest absolute Gasteiger partial charge is 0.357 e. The SMILES string of the molecule is CCCN1CCN(c2nc(NC)nc3sccc23)CC1. The first-order valence-electron chi connectivity index (χ1n) is 7.22. The number of nitrogens with one attached hydrogen (secondary N) is 1. The molecule has 1 saturated heterocycles. The van der Waals surface area contributed by atoms with Crippen LogP contribution in [0.4, 0.5) is 11.8 Å². The summed E-state index contributed by atoms with van der Waals surface area (Å²) in [6.45, 7) is 7.78. The fraction of sp³-hybridized carbons (Fsp3) is 0.571. The van der Waals surface area contributed by atoms with E-state index in [0.717, 1.165) is 36.8 Å². The lowest BCUT2D eigenvalue weighted by Crippen LogP contribution is -2.46. The molecule has 3 rings (SSSR count). The normalized spacial score (nSPS) is 16.8. The Bertz CT molecular complexity index is 574. The monoisotopic (exact) mass is 291 g/mol. The van der Waals surface area contributed by atoms with Crippen molar-refractivity contribution < 1.29 is 0 Å². The zero-order chi connectivity index (χ0) is 13.9. The highest BCUT2D eigenvalue weighted by Crippen LogP contribution is 2.29. The van der Waals surface area contributed by atoms with Crippen molar-refractivity contribution in [2.75, 3.05) is 50.0 Å².